The molecule has 0 saturated carbocycles. The van der Waals surface area contributed by atoms with E-state index in [1.807, 2.05) is 0 Å². The highest BCUT2D eigenvalue weighted by atomic mass is 32.2. The average molecular weight is 308 g/mol. The molecule has 3 N–H and O–H groups in total. The van der Waals surface area contributed by atoms with E-state index in [4.69, 9.17) is 5.11 Å². The SMILES string of the molecule is CS(=O)(=O)NCCNC(=O)N1CCN(CC(=O)O)CC1. The first kappa shape index (κ1) is 16.7. The van der Waals surface area contributed by atoms with Crippen LogP contribution in [-0.2, 0) is 14.8 Å². The zero-order valence-electron chi connectivity index (χ0n) is 11.3. The van der Waals surface area contributed by atoms with Gasteiger partial charge in [0.15, 0.2) is 0 Å². The molecule has 20 heavy (non-hydrogen) atoms. The van der Waals surface area contributed by atoms with Crippen LogP contribution in [0.25, 0.3) is 0 Å². The summed E-state index contributed by atoms with van der Waals surface area (Å²) >= 11 is 0. The summed E-state index contributed by atoms with van der Waals surface area (Å²) in [6.45, 7) is 2.28. The van der Waals surface area contributed by atoms with E-state index in [-0.39, 0.29) is 25.7 Å². The fourth-order valence-corrected chi connectivity index (χ4v) is 2.29. The molecule has 116 valence electrons. The van der Waals surface area contributed by atoms with Gasteiger partial charge < -0.3 is 15.3 Å². The zero-order chi connectivity index (χ0) is 15.2. The predicted molar refractivity (Wildman–Crippen MR) is 71.9 cm³/mol. The molecule has 0 aromatic rings. The molecule has 0 unspecified atom stereocenters. The number of rotatable bonds is 6. The predicted octanol–water partition coefficient (Wildman–Crippen LogP) is -2.05. The Morgan fingerprint density at radius 1 is 1.15 bits per heavy atom. The summed E-state index contributed by atoms with van der Waals surface area (Å²) in [4.78, 5) is 25.6. The Balaban J connectivity index is 2.21. The van der Waals surface area contributed by atoms with Crippen LogP contribution in [0.2, 0.25) is 0 Å². The van der Waals surface area contributed by atoms with Gasteiger partial charge in [0.2, 0.25) is 10.0 Å². The number of carbonyl (C=O) groups is 2. The molecule has 2 amide bonds. The molecule has 0 aliphatic carbocycles. The lowest BCUT2D eigenvalue weighted by Crippen LogP contribution is -2.53. The smallest absolute Gasteiger partial charge is 0.317 e. The van der Waals surface area contributed by atoms with Gasteiger partial charge in [-0.15, -0.1) is 0 Å². The lowest BCUT2D eigenvalue weighted by Gasteiger charge is -2.33. The monoisotopic (exact) mass is 308 g/mol. The normalized spacial score (nSPS) is 16.9. The summed E-state index contributed by atoms with van der Waals surface area (Å²) in [5.41, 5.74) is 0. The van der Waals surface area contributed by atoms with Crippen molar-refractivity contribution in [1.29, 1.82) is 0 Å². The van der Waals surface area contributed by atoms with Crippen LogP contribution in [0.1, 0.15) is 0 Å². The first-order valence-corrected chi connectivity index (χ1v) is 8.08. The van der Waals surface area contributed by atoms with Crippen molar-refractivity contribution >= 4 is 22.0 Å². The van der Waals surface area contributed by atoms with E-state index in [1.165, 1.54) is 0 Å². The molecule has 9 nitrogen and oxygen atoms in total. The largest absolute Gasteiger partial charge is 0.480 e. The lowest BCUT2D eigenvalue weighted by atomic mass is 10.3. The topological polar surface area (TPSA) is 119 Å². The fourth-order valence-electron chi connectivity index (χ4n) is 1.82. The number of urea groups is 1. The summed E-state index contributed by atoms with van der Waals surface area (Å²) in [7, 11) is -3.24. The van der Waals surface area contributed by atoms with Gasteiger partial charge in [0.1, 0.15) is 0 Å². The number of hydrogen-bond acceptors (Lipinski definition) is 5. The van der Waals surface area contributed by atoms with Gasteiger partial charge in [-0.1, -0.05) is 0 Å². The molecule has 1 fully saturated rings. The average Bonchev–Trinajstić information content (AvgIpc) is 2.33. The summed E-state index contributed by atoms with van der Waals surface area (Å²) in [5.74, 6) is -0.880. The highest BCUT2D eigenvalue weighted by Gasteiger charge is 2.21. The molecule has 0 spiro atoms. The number of carboxylic acid groups (broad SMARTS) is 1. The molecule has 1 aliphatic heterocycles. The van der Waals surface area contributed by atoms with Gasteiger partial charge in [0.05, 0.1) is 12.8 Å². The van der Waals surface area contributed by atoms with E-state index in [1.54, 1.807) is 9.80 Å². The first-order chi connectivity index (χ1) is 9.28. The van der Waals surface area contributed by atoms with Gasteiger partial charge in [-0.05, 0) is 0 Å². The van der Waals surface area contributed by atoms with Crippen molar-refractivity contribution in [2.24, 2.45) is 0 Å². The van der Waals surface area contributed by atoms with Crippen LogP contribution < -0.4 is 10.0 Å². The molecule has 0 bridgehead atoms. The minimum Gasteiger partial charge on any atom is -0.480 e. The van der Waals surface area contributed by atoms with Crippen LogP contribution in [-0.4, -0.2) is 87.4 Å². The summed E-state index contributed by atoms with van der Waals surface area (Å²) < 4.78 is 23.9. The third-order valence-corrected chi connectivity index (χ3v) is 3.51. The van der Waals surface area contributed by atoms with Crippen molar-refractivity contribution < 1.29 is 23.1 Å². The van der Waals surface area contributed by atoms with Crippen LogP contribution in [0, 0.1) is 0 Å². The van der Waals surface area contributed by atoms with Crippen LogP contribution in [0.5, 0.6) is 0 Å². The number of piperazine rings is 1. The zero-order valence-corrected chi connectivity index (χ0v) is 12.1. The first-order valence-electron chi connectivity index (χ1n) is 6.19. The Bertz CT molecular complexity index is 445. The number of carboxylic acids is 1. The van der Waals surface area contributed by atoms with Crippen molar-refractivity contribution in [2.45, 2.75) is 0 Å². The molecule has 1 aliphatic rings. The van der Waals surface area contributed by atoms with E-state index in [9.17, 15) is 18.0 Å². The molecule has 0 atom stereocenters. The molecular formula is C10H20N4O5S. The van der Waals surface area contributed by atoms with Crippen molar-refractivity contribution in [2.75, 3.05) is 52.1 Å². The van der Waals surface area contributed by atoms with Gasteiger partial charge in [-0.2, -0.15) is 0 Å². The number of sulfonamides is 1. The van der Waals surface area contributed by atoms with Crippen LogP contribution >= 0.6 is 0 Å². The minimum absolute atomic E-state index is 0.0201. The maximum absolute atomic E-state index is 11.8. The quantitative estimate of drug-likeness (QED) is 0.486. The number of hydrogen-bond donors (Lipinski definition) is 3. The van der Waals surface area contributed by atoms with E-state index >= 15 is 0 Å². The Kier molecular flexibility index (Phi) is 6.17. The second-order valence-corrected chi connectivity index (χ2v) is 6.39. The Labute approximate surface area is 118 Å². The molecule has 0 aromatic carbocycles. The number of nitrogens with zero attached hydrogens (tertiary/aromatic N) is 2. The Hall–Kier alpha value is -1.39. The molecule has 10 heteroatoms. The highest BCUT2D eigenvalue weighted by Crippen LogP contribution is 2.01. The third-order valence-electron chi connectivity index (χ3n) is 2.78. The minimum atomic E-state index is -3.24. The molecule has 0 radical (unpaired) electrons. The summed E-state index contributed by atoms with van der Waals surface area (Å²) in [6, 6.07) is -0.268. The number of amides is 2. The van der Waals surface area contributed by atoms with Gasteiger partial charge >= 0.3 is 12.0 Å². The summed E-state index contributed by atoms with van der Waals surface area (Å²) in [6.07, 6.45) is 1.05. The summed E-state index contributed by atoms with van der Waals surface area (Å²) in [5, 5.41) is 11.3. The maximum Gasteiger partial charge on any atom is 0.317 e. The van der Waals surface area contributed by atoms with Crippen molar-refractivity contribution in [3.63, 3.8) is 0 Å². The van der Waals surface area contributed by atoms with Crippen molar-refractivity contribution in [1.82, 2.24) is 19.8 Å². The van der Waals surface area contributed by atoms with Gasteiger partial charge in [-0.3, -0.25) is 9.69 Å². The van der Waals surface area contributed by atoms with Crippen LogP contribution in [0.3, 0.4) is 0 Å². The molecule has 1 heterocycles. The van der Waals surface area contributed by atoms with Crippen molar-refractivity contribution in [3.05, 3.63) is 0 Å². The second kappa shape index (κ2) is 7.41. The number of carbonyl (C=O) groups excluding carboxylic acids is 1. The van der Waals surface area contributed by atoms with Crippen LogP contribution in [0.4, 0.5) is 4.79 Å². The number of nitrogens with one attached hydrogen (secondary N) is 2. The van der Waals surface area contributed by atoms with E-state index < -0.39 is 16.0 Å². The maximum atomic E-state index is 11.8. The molecule has 1 saturated heterocycles. The highest BCUT2D eigenvalue weighted by molar-refractivity contribution is 7.88. The number of aliphatic carboxylic acids is 1. The molecular weight excluding hydrogens is 288 g/mol. The Morgan fingerprint density at radius 3 is 2.25 bits per heavy atom. The van der Waals surface area contributed by atoms with Gasteiger partial charge in [0, 0.05) is 39.3 Å². The van der Waals surface area contributed by atoms with Gasteiger partial charge in [-0.25, -0.2) is 17.9 Å². The van der Waals surface area contributed by atoms with Gasteiger partial charge in [0.25, 0.3) is 0 Å². The molecule has 1 rings (SSSR count). The van der Waals surface area contributed by atoms with E-state index in [0.717, 1.165) is 6.26 Å². The van der Waals surface area contributed by atoms with Crippen molar-refractivity contribution in [3.8, 4) is 0 Å². The van der Waals surface area contributed by atoms with E-state index in [2.05, 4.69) is 10.0 Å². The second-order valence-electron chi connectivity index (χ2n) is 4.56. The lowest BCUT2D eigenvalue weighted by molar-refractivity contribution is -0.138. The van der Waals surface area contributed by atoms with Crippen LogP contribution in [0.15, 0.2) is 0 Å². The third kappa shape index (κ3) is 6.68. The standard InChI is InChI=1S/C10H20N4O5S/c1-20(18,19)12-3-2-11-10(17)14-6-4-13(5-7-14)8-9(15)16/h12H,2-8H2,1H3,(H,11,17)(H,15,16). The fraction of sp³-hybridized carbons (Fsp3) is 0.800. The van der Waals surface area contributed by atoms with E-state index in [0.29, 0.717) is 26.2 Å². The molecule has 0 aromatic heterocycles. The Morgan fingerprint density at radius 2 is 1.75 bits per heavy atom.